The zero-order chi connectivity index (χ0) is 13.4. The van der Waals surface area contributed by atoms with Crippen molar-refractivity contribution in [1.29, 1.82) is 0 Å². The molecule has 0 aromatic carbocycles. The molecule has 3 rings (SSSR count). The average Bonchev–Trinajstić information content (AvgIpc) is 3.06. The van der Waals surface area contributed by atoms with Crippen LogP contribution in [0.5, 0.6) is 0 Å². The summed E-state index contributed by atoms with van der Waals surface area (Å²) < 4.78 is 1.97. The Hall–Kier alpha value is -1.77. The summed E-state index contributed by atoms with van der Waals surface area (Å²) in [5.74, 6) is 0.353. The van der Waals surface area contributed by atoms with E-state index in [-0.39, 0.29) is 0 Å². The minimum absolute atomic E-state index is 0.353. The summed E-state index contributed by atoms with van der Waals surface area (Å²) in [6.45, 7) is 10.7. The standard InChI is InChI=1S/C16H21N3/c1-12(2)13(3)15-11-17-19-9-6-14(10-16(15)19)18-7-4-5-8-18/h6,9-11,13H,1,4-5,7-8H2,2-3H3. The molecule has 3 heterocycles. The third kappa shape index (κ3) is 2.14. The molecular weight excluding hydrogens is 234 g/mol. The highest BCUT2D eigenvalue weighted by Gasteiger charge is 2.16. The van der Waals surface area contributed by atoms with Gasteiger partial charge in [-0.25, -0.2) is 4.52 Å². The summed E-state index contributed by atoms with van der Waals surface area (Å²) in [6.07, 6.45) is 6.65. The van der Waals surface area contributed by atoms with Crippen LogP contribution in [0.2, 0.25) is 0 Å². The fraction of sp³-hybridized carbons (Fsp3) is 0.438. The van der Waals surface area contributed by atoms with Crippen LogP contribution in [0.4, 0.5) is 5.69 Å². The van der Waals surface area contributed by atoms with E-state index >= 15 is 0 Å². The number of fused-ring (bicyclic) bond motifs is 1. The van der Waals surface area contributed by atoms with Crippen LogP contribution < -0.4 is 4.90 Å². The predicted molar refractivity (Wildman–Crippen MR) is 79.9 cm³/mol. The van der Waals surface area contributed by atoms with E-state index < -0.39 is 0 Å². The lowest BCUT2D eigenvalue weighted by molar-refractivity contribution is 0.907. The van der Waals surface area contributed by atoms with E-state index in [1.807, 2.05) is 10.7 Å². The summed E-state index contributed by atoms with van der Waals surface area (Å²) in [5.41, 5.74) is 4.98. The monoisotopic (exact) mass is 255 g/mol. The normalized spacial score (nSPS) is 17.1. The molecule has 0 saturated carbocycles. The number of hydrogen-bond donors (Lipinski definition) is 0. The molecule has 0 amide bonds. The van der Waals surface area contributed by atoms with Crippen LogP contribution in [0, 0.1) is 0 Å². The molecular formula is C16H21N3. The van der Waals surface area contributed by atoms with Crippen LogP contribution in [0.15, 0.2) is 36.7 Å². The van der Waals surface area contributed by atoms with Gasteiger partial charge in [0.05, 0.1) is 11.7 Å². The quantitative estimate of drug-likeness (QED) is 0.781. The molecule has 1 aliphatic heterocycles. The van der Waals surface area contributed by atoms with Crippen LogP contribution in [0.3, 0.4) is 0 Å². The summed E-state index contributed by atoms with van der Waals surface area (Å²) in [4.78, 5) is 2.46. The Morgan fingerprint density at radius 2 is 2.11 bits per heavy atom. The number of allylic oxidation sites excluding steroid dienone is 1. The van der Waals surface area contributed by atoms with Gasteiger partial charge < -0.3 is 4.90 Å². The number of nitrogens with zero attached hydrogens (tertiary/aromatic N) is 3. The number of pyridine rings is 1. The van der Waals surface area contributed by atoms with Crippen molar-refractivity contribution in [2.24, 2.45) is 0 Å². The molecule has 2 aromatic heterocycles. The van der Waals surface area contributed by atoms with Crippen LogP contribution in [-0.2, 0) is 0 Å². The van der Waals surface area contributed by atoms with Crippen LogP contribution in [0.1, 0.15) is 38.2 Å². The molecule has 1 atom stereocenters. The highest BCUT2D eigenvalue weighted by molar-refractivity contribution is 5.65. The number of hydrogen-bond acceptors (Lipinski definition) is 2. The van der Waals surface area contributed by atoms with Crippen molar-refractivity contribution < 1.29 is 0 Å². The summed E-state index contributed by atoms with van der Waals surface area (Å²) in [6, 6.07) is 4.44. The van der Waals surface area contributed by atoms with Gasteiger partial charge in [-0.2, -0.15) is 5.10 Å². The van der Waals surface area contributed by atoms with Crippen molar-refractivity contribution in [3.63, 3.8) is 0 Å². The molecule has 3 heteroatoms. The number of anilines is 1. The zero-order valence-electron chi connectivity index (χ0n) is 11.8. The molecule has 3 nitrogen and oxygen atoms in total. The molecule has 1 fully saturated rings. The molecule has 0 aliphatic carbocycles. The van der Waals surface area contributed by atoms with Crippen LogP contribution in [-0.4, -0.2) is 22.7 Å². The highest BCUT2D eigenvalue weighted by atomic mass is 15.2. The molecule has 1 aliphatic rings. The van der Waals surface area contributed by atoms with Crippen LogP contribution >= 0.6 is 0 Å². The Morgan fingerprint density at radius 1 is 1.37 bits per heavy atom. The molecule has 0 bridgehead atoms. The van der Waals surface area contributed by atoms with E-state index in [1.54, 1.807) is 0 Å². The van der Waals surface area contributed by atoms with Crippen molar-refractivity contribution in [1.82, 2.24) is 9.61 Å². The minimum atomic E-state index is 0.353. The van der Waals surface area contributed by atoms with Crippen molar-refractivity contribution in [3.8, 4) is 0 Å². The van der Waals surface area contributed by atoms with E-state index in [0.29, 0.717) is 5.92 Å². The third-order valence-corrected chi connectivity index (χ3v) is 4.21. The molecule has 1 saturated heterocycles. The van der Waals surface area contributed by atoms with Gasteiger partial charge in [0.25, 0.3) is 0 Å². The van der Waals surface area contributed by atoms with Crippen molar-refractivity contribution in [3.05, 3.63) is 42.2 Å². The Balaban J connectivity index is 2.04. The smallest absolute Gasteiger partial charge is 0.0720 e. The molecule has 0 spiro atoms. The average molecular weight is 255 g/mol. The maximum Gasteiger partial charge on any atom is 0.0720 e. The molecule has 0 radical (unpaired) electrons. The van der Waals surface area contributed by atoms with Gasteiger partial charge in [-0.1, -0.05) is 19.1 Å². The van der Waals surface area contributed by atoms with Gasteiger partial charge >= 0.3 is 0 Å². The lowest BCUT2D eigenvalue weighted by Crippen LogP contribution is -2.17. The molecule has 2 aromatic rings. The second kappa shape index (κ2) is 4.72. The van der Waals surface area contributed by atoms with Gasteiger partial charge in [0.1, 0.15) is 0 Å². The molecule has 0 N–H and O–H groups in total. The Labute approximate surface area is 114 Å². The maximum atomic E-state index is 4.45. The Morgan fingerprint density at radius 3 is 2.79 bits per heavy atom. The first-order chi connectivity index (χ1) is 9.16. The molecule has 1 unspecified atom stereocenters. The topological polar surface area (TPSA) is 20.5 Å². The third-order valence-electron chi connectivity index (χ3n) is 4.21. The van der Waals surface area contributed by atoms with Gasteiger partial charge in [-0.3, -0.25) is 0 Å². The van der Waals surface area contributed by atoms with E-state index in [9.17, 15) is 0 Å². The summed E-state index contributed by atoms with van der Waals surface area (Å²) in [7, 11) is 0. The second-order valence-corrected chi connectivity index (χ2v) is 5.58. The molecule has 19 heavy (non-hydrogen) atoms. The van der Waals surface area contributed by atoms with Gasteiger partial charge in [0.15, 0.2) is 0 Å². The first-order valence-electron chi connectivity index (χ1n) is 7.04. The van der Waals surface area contributed by atoms with E-state index in [1.165, 1.54) is 48.3 Å². The highest BCUT2D eigenvalue weighted by Crippen LogP contribution is 2.29. The van der Waals surface area contributed by atoms with E-state index in [0.717, 1.165) is 0 Å². The van der Waals surface area contributed by atoms with Crippen molar-refractivity contribution in [2.45, 2.75) is 32.6 Å². The number of aromatic nitrogens is 2. The Bertz CT molecular complexity index is 605. The zero-order valence-corrected chi connectivity index (χ0v) is 11.8. The molecule has 100 valence electrons. The van der Waals surface area contributed by atoms with Crippen molar-refractivity contribution in [2.75, 3.05) is 18.0 Å². The lowest BCUT2D eigenvalue weighted by Gasteiger charge is -2.18. The predicted octanol–water partition coefficient (Wildman–Crippen LogP) is 3.61. The Kier molecular flexibility index (Phi) is 3.05. The summed E-state index contributed by atoms with van der Waals surface area (Å²) in [5, 5.41) is 4.45. The van der Waals surface area contributed by atoms with Gasteiger partial charge in [0.2, 0.25) is 0 Å². The van der Waals surface area contributed by atoms with E-state index in [4.69, 9.17) is 0 Å². The van der Waals surface area contributed by atoms with Crippen molar-refractivity contribution >= 4 is 11.2 Å². The van der Waals surface area contributed by atoms with E-state index in [2.05, 4.69) is 48.8 Å². The fourth-order valence-corrected chi connectivity index (χ4v) is 2.76. The lowest BCUT2D eigenvalue weighted by atomic mass is 9.96. The van der Waals surface area contributed by atoms with Gasteiger partial charge in [-0.05, 0) is 31.9 Å². The first kappa shape index (κ1) is 12.3. The fourth-order valence-electron chi connectivity index (χ4n) is 2.76. The second-order valence-electron chi connectivity index (χ2n) is 5.58. The SMILES string of the molecule is C=C(C)C(C)c1cnn2ccc(N3CCCC3)cc12. The van der Waals surface area contributed by atoms with Gasteiger partial charge in [-0.15, -0.1) is 0 Å². The summed E-state index contributed by atoms with van der Waals surface area (Å²) >= 11 is 0. The van der Waals surface area contributed by atoms with Gasteiger partial charge in [0, 0.05) is 36.5 Å². The maximum absolute atomic E-state index is 4.45. The minimum Gasteiger partial charge on any atom is -0.371 e. The first-order valence-corrected chi connectivity index (χ1v) is 7.04. The van der Waals surface area contributed by atoms with Crippen LogP contribution in [0.25, 0.3) is 5.52 Å². The largest absolute Gasteiger partial charge is 0.371 e. The number of rotatable bonds is 3.